The molecule has 4 nitrogen and oxygen atoms in total. The fraction of sp³-hybridized carbons (Fsp3) is 0.944. The van der Waals surface area contributed by atoms with E-state index in [4.69, 9.17) is 9.16 Å². The van der Waals surface area contributed by atoms with Crippen LogP contribution in [0.2, 0.25) is 18.1 Å². The molecule has 0 saturated heterocycles. The minimum Gasteiger partial charge on any atom is -0.444 e. The third-order valence-corrected chi connectivity index (χ3v) is 9.54. The van der Waals surface area contributed by atoms with Crippen LogP contribution in [0.15, 0.2) is 0 Å². The first-order valence-corrected chi connectivity index (χ1v) is 11.9. The molecule has 0 aromatic rings. The lowest BCUT2D eigenvalue weighted by Crippen LogP contribution is -2.49. The molecule has 1 saturated carbocycles. The number of hydrogen-bond acceptors (Lipinski definition) is 3. The van der Waals surface area contributed by atoms with Gasteiger partial charge < -0.3 is 14.5 Å². The topological polar surface area (TPSA) is 47.6 Å². The van der Waals surface area contributed by atoms with E-state index in [1.807, 2.05) is 20.8 Å². The molecule has 1 aliphatic carbocycles. The minimum atomic E-state index is -1.69. The molecule has 23 heavy (non-hydrogen) atoms. The predicted octanol–water partition coefficient (Wildman–Crippen LogP) is 5.09. The largest absolute Gasteiger partial charge is 0.444 e. The van der Waals surface area contributed by atoms with E-state index in [-0.39, 0.29) is 12.1 Å². The Morgan fingerprint density at radius 3 is 2.22 bits per heavy atom. The minimum absolute atomic E-state index is 0.242. The van der Waals surface area contributed by atoms with Crippen molar-refractivity contribution in [1.82, 2.24) is 5.32 Å². The van der Waals surface area contributed by atoms with E-state index >= 15 is 0 Å². The van der Waals surface area contributed by atoms with Gasteiger partial charge in [-0.1, -0.05) is 27.2 Å². The monoisotopic (exact) mass is 343 g/mol. The Balaban J connectivity index is 2.29. The van der Waals surface area contributed by atoms with Gasteiger partial charge in [-0.05, 0) is 64.1 Å². The smallest absolute Gasteiger partial charge is 0.407 e. The summed E-state index contributed by atoms with van der Waals surface area (Å²) in [6, 6.07) is 0.242. The second kappa shape index (κ2) is 7.56. The Morgan fingerprint density at radius 1 is 1.17 bits per heavy atom. The van der Waals surface area contributed by atoms with Crippen molar-refractivity contribution in [2.45, 2.75) is 97.0 Å². The molecule has 0 bridgehead atoms. The number of amides is 1. The molecule has 0 unspecified atom stereocenters. The third-order valence-electron chi connectivity index (χ3n) is 5.14. The summed E-state index contributed by atoms with van der Waals surface area (Å²) in [4.78, 5) is 11.7. The fourth-order valence-corrected chi connectivity index (χ4v) is 4.81. The Hall–Kier alpha value is -0.553. The molecule has 0 spiro atoms. The normalized spacial score (nSPS) is 22.4. The highest BCUT2D eigenvalue weighted by atomic mass is 28.4. The van der Waals surface area contributed by atoms with Gasteiger partial charge in [0.25, 0.3) is 0 Å². The van der Waals surface area contributed by atoms with Crippen molar-refractivity contribution in [1.29, 1.82) is 0 Å². The number of carbonyl (C=O) groups is 1. The summed E-state index contributed by atoms with van der Waals surface area (Å²) in [6.45, 7) is 18.1. The van der Waals surface area contributed by atoms with E-state index in [0.717, 1.165) is 19.4 Å². The van der Waals surface area contributed by atoms with Gasteiger partial charge in [0, 0.05) is 12.6 Å². The third kappa shape index (κ3) is 6.46. The zero-order valence-corrected chi connectivity index (χ0v) is 17.4. The van der Waals surface area contributed by atoms with Crippen molar-refractivity contribution in [3.63, 3.8) is 0 Å². The maximum atomic E-state index is 11.7. The van der Waals surface area contributed by atoms with Gasteiger partial charge in [0.05, 0.1) is 0 Å². The SMILES string of the molecule is CCCC(C)(C)[Si](C)(C)OC[C@H]1C[C@@H](NC(=O)OC(C)(C)C)C1. The number of nitrogens with one attached hydrogen (secondary N) is 1. The molecule has 0 atom stereocenters. The lowest BCUT2D eigenvalue weighted by atomic mass is 9.81. The average Bonchev–Trinajstić information content (AvgIpc) is 2.29. The quantitative estimate of drug-likeness (QED) is 0.655. The summed E-state index contributed by atoms with van der Waals surface area (Å²) in [5.41, 5.74) is -0.434. The van der Waals surface area contributed by atoms with E-state index in [1.54, 1.807) is 0 Å². The zero-order chi connectivity index (χ0) is 17.9. The van der Waals surface area contributed by atoms with Crippen LogP contribution >= 0.6 is 0 Å². The lowest BCUT2D eigenvalue weighted by Gasteiger charge is -2.42. The number of hydrogen-bond donors (Lipinski definition) is 1. The number of ether oxygens (including phenoxy) is 1. The number of rotatable bonds is 7. The van der Waals surface area contributed by atoms with E-state index in [0.29, 0.717) is 11.0 Å². The van der Waals surface area contributed by atoms with Gasteiger partial charge in [-0.3, -0.25) is 0 Å². The Kier molecular flexibility index (Phi) is 6.73. The van der Waals surface area contributed by atoms with Crippen LogP contribution in [-0.2, 0) is 9.16 Å². The van der Waals surface area contributed by atoms with E-state index < -0.39 is 13.9 Å². The van der Waals surface area contributed by atoms with Crippen molar-refractivity contribution in [2.75, 3.05) is 6.61 Å². The molecule has 0 aromatic carbocycles. The highest BCUT2D eigenvalue weighted by Crippen LogP contribution is 2.42. The molecule has 0 aliphatic heterocycles. The summed E-state index contributed by atoms with van der Waals surface area (Å²) in [6.07, 6.45) is 4.12. The summed E-state index contributed by atoms with van der Waals surface area (Å²) >= 11 is 0. The summed E-state index contributed by atoms with van der Waals surface area (Å²) in [7, 11) is -1.69. The van der Waals surface area contributed by atoms with Crippen LogP contribution < -0.4 is 5.32 Å². The molecule has 0 heterocycles. The van der Waals surface area contributed by atoms with Gasteiger partial charge in [0.15, 0.2) is 8.32 Å². The van der Waals surface area contributed by atoms with Crippen molar-refractivity contribution < 1.29 is 14.0 Å². The molecule has 1 amide bonds. The fourth-order valence-electron chi connectivity index (χ4n) is 2.91. The van der Waals surface area contributed by atoms with Crippen LogP contribution in [-0.4, -0.2) is 32.7 Å². The molecule has 0 aromatic heterocycles. The van der Waals surface area contributed by atoms with Gasteiger partial charge in [0.2, 0.25) is 0 Å². The molecule has 136 valence electrons. The molecular weight excluding hydrogens is 306 g/mol. The van der Waals surface area contributed by atoms with Gasteiger partial charge in [0.1, 0.15) is 5.60 Å². The van der Waals surface area contributed by atoms with E-state index in [9.17, 15) is 4.79 Å². The highest BCUT2D eigenvalue weighted by Gasteiger charge is 2.41. The van der Waals surface area contributed by atoms with Gasteiger partial charge >= 0.3 is 6.09 Å². The molecule has 1 rings (SSSR count). The predicted molar refractivity (Wildman–Crippen MR) is 98.3 cm³/mol. The summed E-state index contributed by atoms with van der Waals surface area (Å²) < 4.78 is 11.7. The Morgan fingerprint density at radius 2 is 1.74 bits per heavy atom. The van der Waals surface area contributed by atoms with Crippen molar-refractivity contribution in [2.24, 2.45) is 5.92 Å². The Labute approximate surface area is 143 Å². The van der Waals surface area contributed by atoms with Crippen LogP contribution in [0.5, 0.6) is 0 Å². The van der Waals surface area contributed by atoms with Crippen molar-refractivity contribution in [3.05, 3.63) is 0 Å². The van der Waals surface area contributed by atoms with Crippen LogP contribution in [0, 0.1) is 5.92 Å². The van der Waals surface area contributed by atoms with Gasteiger partial charge in [-0.25, -0.2) is 4.79 Å². The number of carbonyl (C=O) groups excluding carboxylic acids is 1. The van der Waals surface area contributed by atoms with E-state index in [2.05, 4.69) is 39.2 Å². The molecular formula is C18H37NO3Si. The first-order valence-electron chi connectivity index (χ1n) is 9.00. The second-order valence-corrected chi connectivity index (χ2v) is 13.8. The van der Waals surface area contributed by atoms with Crippen LogP contribution in [0.3, 0.4) is 0 Å². The molecule has 1 N–H and O–H groups in total. The van der Waals surface area contributed by atoms with Crippen LogP contribution in [0.1, 0.15) is 67.2 Å². The van der Waals surface area contributed by atoms with Gasteiger partial charge in [-0.2, -0.15) is 0 Å². The first-order chi connectivity index (χ1) is 10.4. The zero-order valence-electron chi connectivity index (χ0n) is 16.4. The van der Waals surface area contributed by atoms with Crippen LogP contribution in [0.25, 0.3) is 0 Å². The molecule has 1 aliphatic rings. The Bertz CT molecular complexity index is 396. The number of alkyl carbamates (subject to hydrolysis) is 1. The van der Waals surface area contributed by atoms with Gasteiger partial charge in [-0.15, -0.1) is 0 Å². The molecule has 1 fully saturated rings. The van der Waals surface area contributed by atoms with Crippen molar-refractivity contribution in [3.8, 4) is 0 Å². The maximum Gasteiger partial charge on any atom is 0.407 e. The molecule has 5 heteroatoms. The second-order valence-electron chi connectivity index (χ2n) is 9.14. The highest BCUT2D eigenvalue weighted by molar-refractivity contribution is 6.74. The van der Waals surface area contributed by atoms with Crippen LogP contribution in [0.4, 0.5) is 4.79 Å². The maximum absolute atomic E-state index is 11.7. The summed E-state index contributed by atoms with van der Waals surface area (Å²) in [5.74, 6) is 0.569. The lowest BCUT2D eigenvalue weighted by molar-refractivity contribution is 0.0423. The first kappa shape index (κ1) is 20.5. The van der Waals surface area contributed by atoms with E-state index in [1.165, 1.54) is 12.8 Å². The summed E-state index contributed by atoms with van der Waals surface area (Å²) in [5, 5.41) is 3.25. The average molecular weight is 344 g/mol. The van der Waals surface area contributed by atoms with Crippen molar-refractivity contribution >= 4 is 14.4 Å². The molecule has 0 radical (unpaired) electrons. The standard InChI is InChI=1S/C18H37NO3Si/c1-9-10-18(5,6)23(7,8)21-13-14-11-15(12-14)19-16(20)22-17(2,3)4/h14-15H,9-13H2,1-8H3,(H,19,20)/t14-,15+.